The number of aromatic nitrogens is 1. The van der Waals surface area contributed by atoms with Crippen molar-refractivity contribution in [2.45, 2.75) is 6.10 Å². The zero-order valence-electron chi connectivity index (χ0n) is 13.1. The average Bonchev–Trinajstić information content (AvgIpc) is 3.47. The third-order valence-corrected chi connectivity index (χ3v) is 3.74. The minimum atomic E-state index is 0.274. The smallest absolute Gasteiger partial charge is 0.219 e. The maximum atomic E-state index is 5.71. The highest BCUT2D eigenvalue weighted by Crippen LogP contribution is 2.26. The van der Waals surface area contributed by atoms with Crippen LogP contribution in [-0.4, -0.2) is 24.3 Å². The number of ether oxygens (including phenoxy) is 3. The van der Waals surface area contributed by atoms with Gasteiger partial charge in [-0.05, 0) is 41.5 Å². The van der Waals surface area contributed by atoms with E-state index in [1.807, 2.05) is 54.6 Å². The number of epoxide rings is 1. The summed E-state index contributed by atoms with van der Waals surface area (Å²) in [4.78, 5) is 4.15. The van der Waals surface area contributed by atoms with Gasteiger partial charge >= 0.3 is 0 Å². The lowest BCUT2D eigenvalue weighted by molar-refractivity contribution is 0.263. The minimum Gasteiger partial charge on any atom is -0.491 e. The first-order valence-electron chi connectivity index (χ1n) is 7.91. The Morgan fingerprint density at radius 3 is 2.12 bits per heavy atom. The Morgan fingerprint density at radius 1 is 0.875 bits per heavy atom. The Kier molecular flexibility index (Phi) is 4.13. The Morgan fingerprint density at radius 2 is 1.54 bits per heavy atom. The van der Waals surface area contributed by atoms with E-state index in [-0.39, 0.29) is 6.10 Å². The molecule has 0 spiro atoms. The number of pyridine rings is 1. The molecule has 1 saturated heterocycles. The maximum absolute atomic E-state index is 5.71. The van der Waals surface area contributed by atoms with Crippen molar-refractivity contribution in [3.8, 4) is 28.5 Å². The molecule has 1 aliphatic heterocycles. The lowest BCUT2D eigenvalue weighted by Crippen LogP contribution is -2.03. The van der Waals surface area contributed by atoms with Gasteiger partial charge in [-0.15, -0.1) is 0 Å². The summed E-state index contributed by atoms with van der Waals surface area (Å²) in [5.41, 5.74) is 2.26. The topological polar surface area (TPSA) is 43.9 Å². The fourth-order valence-corrected chi connectivity index (χ4v) is 2.34. The monoisotopic (exact) mass is 319 g/mol. The van der Waals surface area contributed by atoms with E-state index in [1.165, 1.54) is 0 Å². The summed E-state index contributed by atoms with van der Waals surface area (Å²) in [5.74, 6) is 2.22. The highest BCUT2D eigenvalue weighted by molar-refractivity contribution is 5.65. The third-order valence-electron chi connectivity index (χ3n) is 3.74. The van der Waals surface area contributed by atoms with Crippen molar-refractivity contribution in [3.05, 3.63) is 72.9 Å². The van der Waals surface area contributed by atoms with Crippen molar-refractivity contribution in [1.82, 2.24) is 4.98 Å². The van der Waals surface area contributed by atoms with E-state index in [2.05, 4.69) is 17.1 Å². The molecular weight excluding hydrogens is 302 g/mol. The van der Waals surface area contributed by atoms with Crippen LogP contribution < -0.4 is 9.47 Å². The quantitative estimate of drug-likeness (QED) is 0.635. The third kappa shape index (κ3) is 3.73. The van der Waals surface area contributed by atoms with Gasteiger partial charge in [-0.1, -0.05) is 30.3 Å². The number of hydrogen-bond donors (Lipinski definition) is 0. The molecule has 4 nitrogen and oxygen atoms in total. The zero-order valence-corrected chi connectivity index (χ0v) is 13.1. The van der Waals surface area contributed by atoms with Gasteiger partial charge in [0.2, 0.25) is 5.88 Å². The molecular formula is C20H17NO3. The maximum Gasteiger partial charge on any atom is 0.219 e. The molecule has 120 valence electrons. The van der Waals surface area contributed by atoms with Crippen LogP contribution in [0.25, 0.3) is 11.1 Å². The van der Waals surface area contributed by atoms with Crippen LogP contribution in [0.3, 0.4) is 0 Å². The van der Waals surface area contributed by atoms with Gasteiger partial charge in [0.1, 0.15) is 24.2 Å². The molecule has 4 rings (SSSR count). The van der Waals surface area contributed by atoms with Gasteiger partial charge in [0.15, 0.2) is 0 Å². The standard InChI is InChI=1S/C20H17NO3/c1-2-12-21-20(3-1)24-18-10-6-16(7-11-18)15-4-8-17(9-5-15)22-13-19-14-23-19/h1-12,19H,13-14H2. The summed E-state index contributed by atoms with van der Waals surface area (Å²) in [6.07, 6.45) is 1.99. The van der Waals surface area contributed by atoms with Crippen LogP contribution in [0.5, 0.6) is 17.4 Å². The Hall–Kier alpha value is -2.85. The highest BCUT2D eigenvalue weighted by atomic mass is 16.6. The average molecular weight is 319 g/mol. The summed E-state index contributed by atoms with van der Waals surface area (Å²) >= 11 is 0. The molecule has 2 aromatic carbocycles. The summed E-state index contributed by atoms with van der Waals surface area (Å²) in [6.45, 7) is 1.43. The lowest BCUT2D eigenvalue weighted by Gasteiger charge is -2.08. The molecule has 0 aliphatic carbocycles. The van der Waals surface area contributed by atoms with E-state index in [0.717, 1.165) is 29.2 Å². The largest absolute Gasteiger partial charge is 0.491 e. The van der Waals surface area contributed by atoms with E-state index >= 15 is 0 Å². The fourth-order valence-electron chi connectivity index (χ4n) is 2.34. The summed E-state index contributed by atoms with van der Waals surface area (Å²) < 4.78 is 16.5. The Labute approximate surface area is 140 Å². The number of hydrogen-bond acceptors (Lipinski definition) is 4. The van der Waals surface area contributed by atoms with E-state index < -0.39 is 0 Å². The number of benzene rings is 2. The molecule has 1 aliphatic rings. The van der Waals surface area contributed by atoms with Gasteiger partial charge in [-0.3, -0.25) is 0 Å². The van der Waals surface area contributed by atoms with E-state index in [9.17, 15) is 0 Å². The normalized spacial score (nSPS) is 15.8. The van der Waals surface area contributed by atoms with Gasteiger partial charge in [-0.2, -0.15) is 0 Å². The van der Waals surface area contributed by atoms with Crippen molar-refractivity contribution in [1.29, 1.82) is 0 Å². The first-order valence-corrected chi connectivity index (χ1v) is 7.91. The van der Waals surface area contributed by atoms with Crippen molar-refractivity contribution in [2.24, 2.45) is 0 Å². The SMILES string of the molecule is c1ccc(Oc2ccc(-c3ccc(OCC4CO4)cc3)cc2)nc1. The summed E-state index contributed by atoms with van der Waals surface area (Å²) in [6, 6.07) is 21.6. The molecule has 1 fully saturated rings. The van der Waals surface area contributed by atoms with Crippen LogP contribution in [0.2, 0.25) is 0 Å². The van der Waals surface area contributed by atoms with E-state index in [0.29, 0.717) is 12.5 Å². The van der Waals surface area contributed by atoms with E-state index in [4.69, 9.17) is 14.2 Å². The molecule has 0 radical (unpaired) electrons. The van der Waals surface area contributed by atoms with Crippen LogP contribution in [0.15, 0.2) is 72.9 Å². The highest BCUT2D eigenvalue weighted by Gasteiger charge is 2.22. The van der Waals surface area contributed by atoms with Gasteiger partial charge in [-0.25, -0.2) is 4.98 Å². The van der Waals surface area contributed by atoms with Crippen LogP contribution in [0.4, 0.5) is 0 Å². The van der Waals surface area contributed by atoms with Crippen molar-refractivity contribution >= 4 is 0 Å². The predicted molar refractivity (Wildman–Crippen MR) is 91.4 cm³/mol. The second-order valence-corrected chi connectivity index (χ2v) is 5.59. The minimum absolute atomic E-state index is 0.274. The van der Waals surface area contributed by atoms with Crippen LogP contribution in [-0.2, 0) is 4.74 Å². The lowest BCUT2D eigenvalue weighted by atomic mass is 10.1. The summed E-state index contributed by atoms with van der Waals surface area (Å²) in [7, 11) is 0. The molecule has 0 saturated carbocycles. The molecule has 1 unspecified atom stereocenters. The van der Waals surface area contributed by atoms with Crippen molar-refractivity contribution < 1.29 is 14.2 Å². The second-order valence-electron chi connectivity index (χ2n) is 5.59. The van der Waals surface area contributed by atoms with Gasteiger partial charge < -0.3 is 14.2 Å². The molecule has 0 bridgehead atoms. The van der Waals surface area contributed by atoms with Crippen LogP contribution >= 0.6 is 0 Å². The molecule has 2 heterocycles. The fraction of sp³-hybridized carbons (Fsp3) is 0.150. The van der Waals surface area contributed by atoms with Gasteiger partial charge in [0, 0.05) is 12.3 Å². The van der Waals surface area contributed by atoms with Crippen molar-refractivity contribution in [2.75, 3.05) is 13.2 Å². The Balaban J connectivity index is 1.42. The predicted octanol–water partition coefficient (Wildman–Crippen LogP) is 4.32. The first kappa shape index (κ1) is 14.7. The van der Waals surface area contributed by atoms with Gasteiger partial charge in [0.25, 0.3) is 0 Å². The zero-order chi connectivity index (χ0) is 16.2. The molecule has 24 heavy (non-hydrogen) atoms. The van der Waals surface area contributed by atoms with Crippen LogP contribution in [0, 0.1) is 0 Å². The number of nitrogens with zero attached hydrogens (tertiary/aromatic N) is 1. The molecule has 1 aromatic heterocycles. The first-order chi connectivity index (χ1) is 11.9. The Bertz CT molecular complexity index is 781. The molecule has 0 N–H and O–H groups in total. The van der Waals surface area contributed by atoms with Crippen LogP contribution in [0.1, 0.15) is 0 Å². The molecule has 1 atom stereocenters. The molecule has 3 aromatic rings. The second kappa shape index (κ2) is 6.72. The molecule has 4 heteroatoms. The van der Waals surface area contributed by atoms with Gasteiger partial charge in [0.05, 0.1) is 6.61 Å². The molecule has 0 amide bonds. The summed E-state index contributed by atoms with van der Waals surface area (Å²) in [5, 5.41) is 0. The van der Waals surface area contributed by atoms with E-state index in [1.54, 1.807) is 6.20 Å². The van der Waals surface area contributed by atoms with Crippen molar-refractivity contribution in [3.63, 3.8) is 0 Å². The number of rotatable bonds is 6.